The number of amides is 2. The fourth-order valence-electron chi connectivity index (χ4n) is 2.58. The molecule has 0 aliphatic carbocycles. The molecular formula is C18H24N2O6. The highest BCUT2D eigenvalue weighted by Crippen LogP contribution is 2.33. The summed E-state index contributed by atoms with van der Waals surface area (Å²) in [6.07, 6.45) is 0.0440. The van der Waals surface area contributed by atoms with E-state index in [2.05, 4.69) is 10.6 Å². The molecule has 0 aromatic heterocycles. The minimum absolute atomic E-state index is 0.0350. The molecular weight excluding hydrogens is 340 g/mol. The minimum Gasteiger partial charge on any atom is -0.504 e. The first-order chi connectivity index (χ1) is 12.3. The number of aromatic hydroxyl groups is 1. The molecule has 0 saturated carbocycles. The molecule has 1 aromatic rings. The Balaban J connectivity index is 2.24. The molecule has 3 N–H and O–H groups in total. The van der Waals surface area contributed by atoms with Gasteiger partial charge in [0.15, 0.2) is 11.5 Å². The largest absolute Gasteiger partial charge is 0.504 e. The Morgan fingerprint density at radius 3 is 2.69 bits per heavy atom. The third-order valence-corrected chi connectivity index (χ3v) is 3.79. The summed E-state index contributed by atoms with van der Waals surface area (Å²) in [6, 6.07) is 3.46. The van der Waals surface area contributed by atoms with E-state index in [9.17, 15) is 14.7 Å². The van der Waals surface area contributed by atoms with E-state index in [0.29, 0.717) is 11.3 Å². The van der Waals surface area contributed by atoms with Crippen LogP contribution in [-0.2, 0) is 14.3 Å². The predicted octanol–water partition coefficient (Wildman–Crippen LogP) is 2.00. The number of urea groups is 1. The number of phenols is 1. The highest BCUT2D eigenvalue weighted by atomic mass is 16.6. The summed E-state index contributed by atoms with van der Waals surface area (Å²) >= 11 is 0. The molecule has 2 amide bonds. The molecule has 0 saturated heterocycles. The van der Waals surface area contributed by atoms with Gasteiger partial charge in [0.2, 0.25) is 0 Å². The molecule has 142 valence electrons. The van der Waals surface area contributed by atoms with Crippen molar-refractivity contribution in [2.45, 2.75) is 32.9 Å². The second-order valence-corrected chi connectivity index (χ2v) is 6.06. The summed E-state index contributed by atoms with van der Waals surface area (Å²) in [7, 11) is 1.42. The summed E-state index contributed by atoms with van der Waals surface area (Å²) in [6.45, 7) is 5.80. The number of esters is 1. The van der Waals surface area contributed by atoms with Crippen molar-refractivity contribution in [1.29, 1.82) is 0 Å². The highest BCUT2D eigenvalue weighted by molar-refractivity contribution is 5.95. The van der Waals surface area contributed by atoms with E-state index in [0.717, 1.165) is 0 Å². The van der Waals surface area contributed by atoms with Crippen LogP contribution in [0.2, 0.25) is 0 Å². The monoisotopic (exact) mass is 364 g/mol. The van der Waals surface area contributed by atoms with Crippen LogP contribution >= 0.6 is 0 Å². The number of methoxy groups -OCH3 is 1. The Hall–Kier alpha value is -2.74. The van der Waals surface area contributed by atoms with Gasteiger partial charge in [-0.05, 0) is 38.5 Å². The van der Waals surface area contributed by atoms with Crippen LogP contribution in [0.4, 0.5) is 4.79 Å². The number of ether oxygens (including phenoxy) is 3. The second kappa shape index (κ2) is 8.57. The van der Waals surface area contributed by atoms with Crippen molar-refractivity contribution >= 4 is 12.0 Å². The van der Waals surface area contributed by atoms with Crippen LogP contribution in [0.5, 0.6) is 11.5 Å². The SMILES string of the molecule is COc1cc(C2NC(=O)NC(C)=C2C(=O)OCCOC(C)C)ccc1O. The fraction of sp³-hybridized carbons (Fsp3) is 0.444. The molecule has 26 heavy (non-hydrogen) atoms. The van der Waals surface area contributed by atoms with Gasteiger partial charge in [-0.15, -0.1) is 0 Å². The molecule has 1 aromatic carbocycles. The molecule has 0 spiro atoms. The maximum atomic E-state index is 12.6. The highest BCUT2D eigenvalue weighted by Gasteiger charge is 2.32. The molecule has 1 atom stereocenters. The minimum atomic E-state index is -0.725. The molecule has 1 heterocycles. The van der Waals surface area contributed by atoms with Gasteiger partial charge in [0.05, 0.1) is 31.4 Å². The summed E-state index contributed by atoms with van der Waals surface area (Å²) in [5.74, 6) is -0.349. The zero-order valence-corrected chi connectivity index (χ0v) is 15.3. The summed E-state index contributed by atoms with van der Waals surface area (Å²) < 4.78 is 15.7. The van der Waals surface area contributed by atoms with Gasteiger partial charge >= 0.3 is 12.0 Å². The van der Waals surface area contributed by atoms with Crippen molar-refractivity contribution in [1.82, 2.24) is 10.6 Å². The number of carbonyl (C=O) groups excluding carboxylic acids is 2. The smallest absolute Gasteiger partial charge is 0.338 e. The number of rotatable bonds is 7. The number of allylic oxidation sites excluding steroid dienone is 1. The maximum Gasteiger partial charge on any atom is 0.338 e. The van der Waals surface area contributed by atoms with Crippen LogP contribution in [-0.4, -0.2) is 43.5 Å². The first-order valence-electron chi connectivity index (χ1n) is 8.27. The number of benzene rings is 1. The summed E-state index contributed by atoms with van der Waals surface area (Å²) in [4.78, 5) is 24.4. The number of nitrogens with one attached hydrogen (secondary N) is 2. The molecule has 8 heteroatoms. The topological polar surface area (TPSA) is 106 Å². The first-order valence-corrected chi connectivity index (χ1v) is 8.27. The predicted molar refractivity (Wildman–Crippen MR) is 93.8 cm³/mol. The van der Waals surface area contributed by atoms with Gasteiger partial charge in [0.1, 0.15) is 6.61 Å². The lowest BCUT2D eigenvalue weighted by molar-refractivity contribution is -0.141. The van der Waals surface area contributed by atoms with E-state index in [4.69, 9.17) is 14.2 Å². The maximum absolute atomic E-state index is 12.6. The molecule has 0 radical (unpaired) electrons. The van der Waals surface area contributed by atoms with Crippen molar-refractivity contribution < 1.29 is 28.9 Å². The van der Waals surface area contributed by atoms with Gasteiger partial charge in [-0.3, -0.25) is 0 Å². The van der Waals surface area contributed by atoms with E-state index < -0.39 is 18.0 Å². The van der Waals surface area contributed by atoms with Crippen molar-refractivity contribution in [2.24, 2.45) is 0 Å². The Morgan fingerprint density at radius 1 is 1.31 bits per heavy atom. The third-order valence-electron chi connectivity index (χ3n) is 3.79. The Bertz CT molecular complexity index is 714. The number of hydrogen-bond donors (Lipinski definition) is 3. The van der Waals surface area contributed by atoms with Crippen molar-refractivity contribution in [3.05, 3.63) is 35.0 Å². The van der Waals surface area contributed by atoms with Gasteiger partial charge in [-0.2, -0.15) is 0 Å². The molecule has 1 aliphatic rings. The van der Waals surface area contributed by atoms with Crippen LogP contribution in [0.25, 0.3) is 0 Å². The van der Waals surface area contributed by atoms with Crippen molar-refractivity contribution in [3.63, 3.8) is 0 Å². The Kier molecular flexibility index (Phi) is 6.46. The lowest BCUT2D eigenvalue weighted by Gasteiger charge is -2.28. The van der Waals surface area contributed by atoms with Gasteiger partial charge in [-0.25, -0.2) is 9.59 Å². The fourth-order valence-corrected chi connectivity index (χ4v) is 2.58. The van der Waals surface area contributed by atoms with E-state index in [1.165, 1.54) is 13.2 Å². The first kappa shape index (κ1) is 19.6. The van der Waals surface area contributed by atoms with Crippen LogP contribution in [0.1, 0.15) is 32.4 Å². The van der Waals surface area contributed by atoms with Crippen molar-refractivity contribution in [3.8, 4) is 11.5 Å². The van der Waals surface area contributed by atoms with E-state index in [1.54, 1.807) is 19.1 Å². The van der Waals surface area contributed by atoms with Crippen LogP contribution in [0.15, 0.2) is 29.5 Å². The van der Waals surface area contributed by atoms with Gasteiger partial charge in [0.25, 0.3) is 0 Å². The number of hydrogen-bond acceptors (Lipinski definition) is 6. The second-order valence-electron chi connectivity index (χ2n) is 6.06. The van der Waals surface area contributed by atoms with E-state index in [-0.39, 0.29) is 36.4 Å². The normalized spacial score (nSPS) is 17.0. The van der Waals surface area contributed by atoms with Gasteiger partial charge in [0, 0.05) is 5.70 Å². The molecule has 0 bridgehead atoms. The summed E-state index contributed by atoms with van der Waals surface area (Å²) in [5, 5.41) is 15.0. The quantitative estimate of drug-likeness (QED) is 0.505. The van der Waals surface area contributed by atoms with Crippen LogP contribution in [0.3, 0.4) is 0 Å². The molecule has 2 rings (SSSR count). The van der Waals surface area contributed by atoms with Gasteiger partial charge < -0.3 is 30.0 Å². The lowest BCUT2D eigenvalue weighted by atomic mass is 9.95. The summed E-state index contributed by atoms with van der Waals surface area (Å²) in [5.41, 5.74) is 1.27. The van der Waals surface area contributed by atoms with E-state index in [1.807, 2.05) is 13.8 Å². The van der Waals surface area contributed by atoms with Crippen molar-refractivity contribution in [2.75, 3.05) is 20.3 Å². The molecule has 1 aliphatic heterocycles. The Morgan fingerprint density at radius 2 is 2.04 bits per heavy atom. The Labute approximate surface area is 152 Å². The zero-order valence-electron chi connectivity index (χ0n) is 15.3. The van der Waals surface area contributed by atoms with Crippen LogP contribution < -0.4 is 15.4 Å². The third kappa shape index (κ3) is 4.66. The molecule has 1 unspecified atom stereocenters. The molecule has 8 nitrogen and oxygen atoms in total. The zero-order chi connectivity index (χ0) is 19.3. The standard InChI is InChI=1S/C18H24N2O6/c1-10(2)25-7-8-26-17(22)15-11(3)19-18(23)20-16(15)12-5-6-13(21)14(9-12)24-4/h5-6,9-10,16,21H,7-8H2,1-4H3,(H2,19,20,23). The number of carbonyl (C=O) groups is 2. The number of phenolic OH excluding ortho intramolecular Hbond substituents is 1. The van der Waals surface area contributed by atoms with Gasteiger partial charge in [-0.1, -0.05) is 6.07 Å². The lowest BCUT2D eigenvalue weighted by Crippen LogP contribution is -2.45. The average Bonchev–Trinajstić information content (AvgIpc) is 2.58. The molecule has 0 fully saturated rings. The average molecular weight is 364 g/mol. The van der Waals surface area contributed by atoms with E-state index >= 15 is 0 Å². The van der Waals surface area contributed by atoms with Crippen LogP contribution in [0, 0.1) is 0 Å².